The SMILES string of the molecule is CC(C)(C)c1nc2ccc(NC(=O)CC3COCCN3)cc2s1. The number of benzene rings is 1. The van der Waals surface area contributed by atoms with Gasteiger partial charge in [-0.3, -0.25) is 4.79 Å². The number of carbonyl (C=O) groups excluding carboxylic acids is 1. The Hall–Kier alpha value is -1.50. The molecular weight excluding hydrogens is 310 g/mol. The van der Waals surface area contributed by atoms with E-state index >= 15 is 0 Å². The summed E-state index contributed by atoms with van der Waals surface area (Å²) in [6.07, 6.45) is 0.425. The molecule has 2 N–H and O–H groups in total. The van der Waals surface area contributed by atoms with Crippen molar-refractivity contribution >= 4 is 33.1 Å². The Morgan fingerprint density at radius 1 is 1.48 bits per heavy atom. The van der Waals surface area contributed by atoms with E-state index in [-0.39, 0.29) is 17.4 Å². The molecule has 0 bridgehead atoms. The van der Waals surface area contributed by atoms with E-state index in [4.69, 9.17) is 4.74 Å². The highest BCUT2D eigenvalue weighted by atomic mass is 32.1. The topological polar surface area (TPSA) is 63.2 Å². The molecule has 2 heterocycles. The fourth-order valence-corrected chi connectivity index (χ4v) is 3.57. The molecule has 124 valence electrons. The van der Waals surface area contributed by atoms with E-state index in [1.807, 2.05) is 18.2 Å². The number of hydrogen-bond acceptors (Lipinski definition) is 5. The number of rotatable bonds is 3. The summed E-state index contributed by atoms with van der Waals surface area (Å²) in [5.74, 6) is 0.00732. The molecule has 6 heteroatoms. The number of hydrogen-bond donors (Lipinski definition) is 2. The first kappa shape index (κ1) is 16.4. The van der Waals surface area contributed by atoms with Crippen LogP contribution in [0.1, 0.15) is 32.2 Å². The number of thiazole rings is 1. The van der Waals surface area contributed by atoms with Gasteiger partial charge in [-0.2, -0.15) is 0 Å². The Morgan fingerprint density at radius 2 is 2.30 bits per heavy atom. The van der Waals surface area contributed by atoms with Gasteiger partial charge in [-0.05, 0) is 18.2 Å². The normalized spacial score (nSPS) is 19.0. The molecule has 1 aromatic heterocycles. The molecule has 0 aliphatic carbocycles. The first-order valence-electron chi connectivity index (χ1n) is 7.94. The number of amides is 1. The Morgan fingerprint density at radius 3 is 3.00 bits per heavy atom. The van der Waals surface area contributed by atoms with Gasteiger partial charge in [0.15, 0.2) is 0 Å². The maximum atomic E-state index is 12.2. The molecule has 3 rings (SSSR count). The smallest absolute Gasteiger partial charge is 0.226 e. The molecule has 2 aromatic rings. The number of ether oxygens (including phenoxy) is 1. The summed E-state index contributed by atoms with van der Waals surface area (Å²) in [6, 6.07) is 5.99. The van der Waals surface area contributed by atoms with Crippen LogP contribution in [0.25, 0.3) is 10.2 Å². The molecule has 1 saturated heterocycles. The highest BCUT2D eigenvalue weighted by Crippen LogP contribution is 2.32. The minimum absolute atomic E-state index is 0.00732. The lowest BCUT2D eigenvalue weighted by Gasteiger charge is -2.23. The lowest BCUT2D eigenvalue weighted by Crippen LogP contribution is -2.43. The van der Waals surface area contributed by atoms with Crippen molar-refractivity contribution in [1.82, 2.24) is 10.3 Å². The minimum Gasteiger partial charge on any atom is -0.378 e. The van der Waals surface area contributed by atoms with Gasteiger partial charge in [0, 0.05) is 30.1 Å². The maximum Gasteiger partial charge on any atom is 0.226 e. The molecule has 1 amide bonds. The van der Waals surface area contributed by atoms with Crippen LogP contribution in [0.3, 0.4) is 0 Å². The average Bonchev–Trinajstić information content (AvgIpc) is 2.91. The fraction of sp³-hybridized carbons (Fsp3) is 0.529. The lowest BCUT2D eigenvalue weighted by molar-refractivity contribution is -0.117. The molecule has 0 saturated carbocycles. The molecule has 5 nitrogen and oxygen atoms in total. The Bertz CT molecular complexity index is 699. The molecule has 1 unspecified atom stereocenters. The van der Waals surface area contributed by atoms with Gasteiger partial charge in [0.2, 0.25) is 5.91 Å². The third-order valence-corrected chi connectivity index (χ3v) is 5.19. The summed E-state index contributed by atoms with van der Waals surface area (Å²) in [5.41, 5.74) is 1.85. The minimum atomic E-state index is 0.00732. The summed E-state index contributed by atoms with van der Waals surface area (Å²) in [4.78, 5) is 16.8. The van der Waals surface area contributed by atoms with Crippen molar-refractivity contribution in [1.29, 1.82) is 0 Å². The zero-order valence-electron chi connectivity index (χ0n) is 13.8. The average molecular weight is 333 g/mol. The number of fused-ring (bicyclic) bond motifs is 1. The molecule has 23 heavy (non-hydrogen) atoms. The number of anilines is 1. The van der Waals surface area contributed by atoms with E-state index in [1.165, 1.54) is 0 Å². The first-order chi connectivity index (χ1) is 10.9. The molecule has 1 atom stereocenters. The van der Waals surface area contributed by atoms with Crippen LogP contribution in [0.2, 0.25) is 0 Å². The summed E-state index contributed by atoms with van der Waals surface area (Å²) < 4.78 is 6.48. The van der Waals surface area contributed by atoms with Crippen LogP contribution in [0.5, 0.6) is 0 Å². The summed E-state index contributed by atoms with van der Waals surface area (Å²) in [6.45, 7) is 8.60. The quantitative estimate of drug-likeness (QED) is 0.906. The van der Waals surface area contributed by atoms with Crippen molar-refractivity contribution in [3.05, 3.63) is 23.2 Å². The van der Waals surface area contributed by atoms with Gasteiger partial charge in [-0.1, -0.05) is 20.8 Å². The van der Waals surface area contributed by atoms with Crippen LogP contribution in [0.15, 0.2) is 18.2 Å². The number of carbonyl (C=O) groups is 1. The molecule has 0 spiro atoms. The second-order valence-corrected chi connectivity index (χ2v) is 7.96. The van der Waals surface area contributed by atoms with Gasteiger partial charge in [0.25, 0.3) is 0 Å². The van der Waals surface area contributed by atoms with Crippen molar-refractivity contribution < 1.29 is 9.53 Å². The van der Waals surface area contributed by atoms with E-state index in [1.54, 1.807) is 11.3 Å². The van der Waals surface area contributed by atoms with Crippen LogP contribution in [-0.4, -0.2) is 36.7 Å². The summed E-state index contributed by atoms with van der Waals surface area (Å²) in [5, 5.41) is 7.38. The van der Waals surface area contributed by atoms with Gasteiger partial charge >= 0.3 is 0 Å². The number of nitrogens with one attached hydrogen (secondary N) is 2. The van der Waals surface area contributed by atoms with E-state index < -0.39 is 0 Å². The highest BCUT2D eigenvalue weighted by molar-refractivity contribution is 7.18. The Labute approximate surface area is 140 Å². The third kappa shape index (κ3) is 4.07. The van der Waals surface area contributed by atoms with E-state index in [0.717, 1.165) is 34.1 Å². The Balaban J connectivity index is 1.69. The van der Waals surface area contributed by atoms with Gasteiger partial charge in [0.05, 0.1) is 28.4 Å². The second-order valence-electron chi connectivity index (χ2n) is 6.93. The second kappa shape index (κ2) is 6.55. The van der Waals surface area contributed by atoms with E-state index in [0.29, 0.717) is 13.0 Å². The van der Waals surface area contributed by atoms with Gasteiger partial charge in [-0.25, -0.2) is 4.98 Å². The van der Waals surface area contributed by atoms with E-state index in [2.05, 4.69) is 36.4 Å². The monoisotopic (exact) mass is 333 g/mol. The predicted molar refractivity (Wildman–Crippen MR) is 94.2 cm³/mol. The Kier molecular flexibility index (Phi) is 4.66. The van der Waals surface area contributed by atoms with E-state index in [9.17, 15) is 4.79 Å². The van der Waals surface area contributed by atoms with Crippen molar-refractivity contribution in [2.24, 2.45) is 0 Å². The predicted octanol–water partition coefficient (Wildman–Crippen LogP) is 2.91. The third-order valence-electron chi connectivity index (χ3n) is 3.74. The van der Waals surface area contributed by atoms with Gasteiger partial charge in [-0.15, -0.1) is 11.3 Å². The summed E-state index contributed by atoms with van der Waals surface area (Å²) >= 11 is 1.69. The first-order valence-corrected chi connectivity index (χ1v) is 8.75. The molecule has 0 radical (unpaired) electrons. The number of nitrogens with zero attached hydrogens (tertiary/aromatic N) is 1. The van der Waals surface area contributed by atoms with Crippen molar-refractivity contribution in [2.75, 3.05) is 25.1 Å². The summed E-state index contributed by atoms with van der Waals surface area (Å²) in [7, 11) is 0. The standard InChI is InChI=1S/C17H23N3O2S/c1-17(2,3)16-20-13-5-4-11(8-14(13)23-16)19-15(21)9-12-10-22-7-6-18-12/h4-5,8,12,18H,6-7,9-10H2,1-3H3,(H,19,21). The fourth-order valence-electron chi connectivity index (χ4n) is 2.51. The van der Waals surface area contributed by atoms with Crippen molar-refractivity contribution in [3.8, 4) is 0 Å². The molecular formula is C17H23N3O2S. The van der Waals surface area contributed by atoms with Crippen LogP contribution in [0.4, 0.5) is 5.69 Å². The van der Waals surface area contributed by atoms with Crippen LogP contribution in [-0.2, 0) is 14.9 Å². The zero-order chi connectivity index (χ0) is 16.4. The number of aromatic nitrogens is 1. The molecule has 1 aliphatic heterocycles. The molecule has 1 aliphatic rings. The van der Waals surface area contributed by atoms with Crippen LogP contribution >= 0.6 is 11.3 Å². The molecule has 1 fully saturated rings. The van der Waals surface area contributed by atoms with Crippen molar-refractivity contribution in [2.45, 2.75) is 38.6 Å². The van der Waals surface area contributed by atoms with Gasteiger partial charge < -0.3 is 15.4 Å². The number of morpholine rings is 1. The zero-order valence-corrected chi connectivity index (χ0v) is 14.6. The van der Waals surface area contributed by atoms with Crippen LogP contribution < -0.4 is 10.6 Å². The molecule has 1 aromatic carbocycles. The lowest BCUT2D eigenvalue weighted by atomic mass is 9.98. The van der Waals surface area contributed by atoms with Crippen LogP contribution in [0, 0.1) is 0 Å². The highest BCUT2D eigenvalue weighted by Gasteiger charge is 2.19. The van der Waals surface area contributed by atoms with Crippen molar-refractivity contribution in [3.63, 3.8) is 0 Å². The maximum absolute atomic E-state index is 12.2. The van der Waals surface area contributed by atoms with Gasteiger partial charge in [0.1, 0.15) is 0 Å². The largest absolute Gasteiger partial charge is 0.378 e.